The first-order chi connectivity index (χ1) is 13.1. The maximum Gasteiger partial charge on any atom is 0.310 e. The highest BCUT2D eigenvalue weighted by molar-refractivity contribution is 5.75. The van der Waals surface area contributed by atoms with Crippen LogP contribution in [0.4, 0.5) is 0 Å². The van der Waals surface area contributed by atoms with Crippen molar-refractivity contribution in [2.24, 2.45) is 23.2 Å². The van der Waals surface area contributed by atoms with Gasteiger partial charge in [0, 0.05) is 38.6 Å². The third-order valence-electron chi connectivity index (χ3n) is 8.15. The third-order valence-corrected chi connectivity index (χ3v) is 8.15. The summed E-state index contributed by atoms with van der Waals surface area (Å²) in [7, 11) is 0. The van der Waals surface area contributed by atoms with Crippen molar-refractivity contribution < 1.29 is 19.0 Å². The van der Waals surface area contributed by atoms with E-state index < -0.39 is 0 Å². The highest BCUT2D eigenvalue weighted by Crippen LogP contribution is 2.62. The zero-order valence-corrected chi connectivity index (χ0v) is 16.6. The molecule has 2 aliphatic carbocycles. The summed E-state index contributed by atoms with van der Waals surface area (Å²) >= 11 is 0. The van der Waals surface area contributed by atoms with Gasteiger partial charge in [-0.3, -0.25) is 9.69 Å². The smallest absolute Gasteiger partial charge is 0.310 e. The Morgan fingerprint density at radius 1 is 1.26 bits per heavy atom. The third kappa shape index (κ3) is 3.33. The summed E-state index contributed by atoms with van der Waals surface area (Å²) in [6.45, 7) is 9.75. The van der Waals surface area contributed by atoms with E-state index in [0.29, 0.717) is 11.8 Å². The number of nitrogens with one attached hydrogen (secondary N) is 1. The lowest BCUT2D eigenvalue weighted by molar-refractivity contribution is -0.147. The van der Waals surface area contributed by atoms with Crippen LogP contribution in [0, 0.1) is 23.2 Å². The van der Waals surface area contributed by atoms with Gasteiger partial charge in [-0.25, -0.2) is 0 Å². The Kier molecular flexibility index (Phi) is 4.74. The summed E-state index contributed by atoms with van der Waals surface area (Å²) < 4.78 is 17.3. The summed E-state index contributed by atoms with van der Waals surface area (Å²) in [6, 6.07) is 0. The Morgan fingerprint density at radius 2 is 2.07 bits per heavy atom. The predicted octanol–water partition coefficient (Wildman–Crippen LogP) is 1.44. The summed E-state index contributed by atoms with van der Waals surface area (Å²) in [6.07, 6.45) is 5.98. The molecule has 0 radical (unpaired) electrons. The molecular formula is C21H34N2O4. The van der Waals surface area contributed by atoms with Gasteiger partial charge in [0.25, 0.3) is 0 Å². The van der Waals surface area contributed by atoms with Crippen LogP contribution in [0.2, 0.25) is 0 Å². The van der Waals surface area contributed by atoms with E-state index in [1.165, 1.54) is 19.3 Å². The van der Waals surface area contributed by atoms with Gasteiger partial charge in [0.15, 0.2) is 0 Å². The predicted molar refractivity (Wildman–Crippen MR) is 100 cm³/mol. The normalized spacial score (nSPS) is 46.8. The molecule has 1 spiro atoms. The number of esters is 1. The molecule has 5 fully saturated rings. The van der Waals surface area contributed by atoms with E-state index in [1.54, 1.807) is 0 Å². The zero-order chi connectivity index (χ0) is 18.5. The summed E-state index contributed by atoms with van der Waals surface area (Å²) in [4.78, 5) is 15.0. The van der Waals surface area contributed by atoms with Crippen molar-refractivity contribution in [3.8, 4) is 0 Å². The monoisotopic (exact) mass is 378 g/mol. The van der Waals surface area contributed by atoms with Crippen LogP contribution in [-0.4, -0.2) is 75.1 Å². The Labute approximate surface area is 162 Å². The molecule has 3 saturated heterocycles. The number of hydrogen-bond donors (Lipinski definition) is 1. The van der Waals surface area contributed by atoms with Crippen molar-refractivity contribution in [2.75, 3.05) is 52.5 Å². The van der Waals surface area contributed by atoms with E-state index in [1.807, 2.05) is 0 Å². The number of carbonyl (C=O) groups is 1. The highest BCUT2D eigenvalue weighted by atomic mass is 16.6. The largest absolute Gasteiger partial charge is 0.462 e. The van der Waals surface area contributed by atoms with Crippen molar-refractivity contribution in [1.82, 2.24) is 10.2 Å². The Morgan fingerprint density at radius 3 is 2.85 bits per heavy atom. The minimum absolute atomic E-state index is 0.0157. The van der Waals surface area contributed by atoms with E-state index in [-0.39, 0.29) is 29.0 Å². The molecule has 0 aromatic heterocycles. The van der Waals surface area contributed by atoms with Gasteiger partial charge in [0.1, 0.15) is 6.10 Å². The van der Waals surface area contributed by atoms with Gasteiger partial charge in [-0.1, -0.05) is 6.92 Å². The minimum atomic E-state index is 0.0157. The molecule has 2 saturated carbocycles. The molecule has 152 valence electrons. The zero-order valence-electron chi connectivity index (χ0n) is 16.6. The molecule has 5 aliphatic rings. The number of fused-ring (bicyclic) bond motifs is 3. The van der Waals surface area contributed by atoms with Crippen LogP contribution in [0.3, 0.4) is 0 Å². The number of rotatable bonds is 5. The van der Waals surface area contributed by atoms with Crippen LogP contribution in [0.1, 0.15) is 39.0 Å². The van der Waals surface area contributed by atoms with Crippen molar-refractivity contribution in [2.45, 2.75) is 50.7 Å². The van der Waals surface area contributed by atoms with Crippen molar-refractivity contribution >= 4 is 5.97 Å². The summed E-state index contributed by atoms with van der Waals surface area (Å²) in [5, 5.41) is 3.54. The Bertz CT molecular complexity index is 575. The lowest BCUT2D eigenvalue weighted by atomic mass is 9.53. The number of epoxide rings is 1. The summed E-state index contributed by atoms with van der Waals surface area (Å²) in [5.74, 6) is 1.01. The maximum atomic E-state index is 12.6. The van der Waals surface area contributed by atoms with Crippen molar-refractivity contribution in [3.63, 3.8) is 0 Å². The number of morpholine rings is 1. The molecule has 1 N–H and O–H groups in total. The van der Waals surface area contributed by atoms with E-state index in [2.05, 4.69) is 17.1 Å². The standard InChI is InChI=1S/C21H34N2O4/c1-20-3-2-4-21(14-26-21)18(20)11-15-16(19(24)27-17(15)12-20)13-22-5-6-23-7-9-25-10-8-23/h15-18,22H,2-14H2,1H3/t15-,16+,17-,18+,20-,21+/m1/s1. The number of hydrogen-bond acceptors (Lipinski definition) is 6. The molecule has 5 rings (SSSR count). The fourth-order valence-electron chi connectivity index (χ4n) is 6.51. The molecule has 6 atom stereocenters. The van der Waals surface area contributed by atoms with Gasteiger partial charge < -0.3 is 19.5 Å². The molecule has 6 nitrogen and oxygen atoms in total. The van der Waals surface area contributed by atoms with E-state index in [0.717, 1.165) is 65.4 Å². The van der Waals surface area contributed by atoms with Crippen molar-refractivity contribution in [3.05, 3.63) is 0 Å². The molecule has 0 amide bonds. The molecule has 0 bridgehead atoms. The quantitative estimate of drug-likeness (QED) is 0.444. The maximum absolute atomic E-state index is 12.6. The van der Waals surface area contributed by atoms with Gasteiger partial charge in [0.05, 0.1) is 31.3 Å². The first-order valence-corrected chi connectivity index (χ1v) is 10.9. The molecule has 27 heavy (non-hydrogen) atoms. The number of ether oxygens (including phenoxy) is 3. The minimum Gasteiger partial charge on any atom is -0.462 e. The summed E-state index contributed by atoms with van der Waals surface area (Å²) in [5.41, 5.74) is 0.423. The van der Waals surface area contributed by atoms with Gasteiger partial charge in [-0.05, 0) is 43.4 Å². The van der Waals surface area contributed by atoms with Crippen LogP contribution in [-0.2, 0) is 19.0 Å². The van der Waals surface area contributed by atoms with Gasteiger partial charge >= 0.3 is 5.97 Å². The van der Waals surface area contributed by atoms with Gasteiger partial charge in [-0.15, -0.1) is 0 Å². The fourth-order valence-corrected chi connectivity index (χ4v) is 6.51. The molecule has 3 aliphatic heterocycles. The van der Waals surface area contributed by atoms with E-state index in [9.17, 15) is 4.79 Å². The first kappa shape index (κ1) is 18.3. The molecule has 0 unspecified atom stereocenters. The van der Waals surface area contributed by atoms with Crippen LogP contribution in [0.25, 0.3) is 0 Å². The number of carbonyl (C=O) groups excluding carboxylic acids is 1. The molecule has 6 heteroatoms. The van der Waals surface area contributed by atoms with Crippen LogP contribution in [0.15, 0.2) is 0 Å². The SMILES string of the molecule is C[C@]12CCC[C@]3(CO3)[C@H]1C[C@@H]1[C@H](CNCCN3CCOCC3)C(=O)O[C@@H]1C2. The van der Waals surface area contributed by atoms with E-state index >= 15 is 0 Å². The average Bonchev–Trinajstić information content (AvgIpc) is 3.36. The second-order valence-corrected chi connectivity index (χ2v) is 9.76. The van der Waals surface area contributed by atoms with Crippen LogP contribution < -0.4 is 5.32 Å². The Balaban J connectivity index is 1.18. The first-order valence-electron chi connectivity index (χ1n) is 10.9. The number of nitrogens with zero attached hydrogens (tertiary/aromatic N) is 1. The average molecular weight is 379 g/mol. The molecule has 0 aromatic rings. The van der Waals surface area contributed by atoms with E-state index in [4.69, 9.17) is 14.2 Å². The lowest BCUT2D eigenvalue weighted by Gasteiger charge is -2.51. The lowest BCUT2D eigenvalue weighted by Crippen LogP contribution is -2.51. The second kappa shape index (κ2) is 6.97. The molecule has 3 heterocycles. The molecular weight excluding hydrogens is 344 g/mol. The van der Waals surface area contributed by atoms with Gasteiger partial charge in [-0.2, -0.15) is 0 Å². The molecule has 0 aromatic carbocycles. The topological polar surface area (TPSA) is 63.3 Å². The second-order valence-electron chi connectivity index (χ2n) is 9.76. The highest BCUT2D eigenvalue weighted by Gasteiger charge is 2.64. The van der Waals surface area contributed by atoms with Crippen LogP contribution >= 0.6 is 0 Å². The van der Waals surface area contributed by atoms with Gasteiger partial charge in [0.2, 0.25) is 0 Å². The van der Waals surface area contributed by atoms with Crippen LogP contribution in [0.5, 0.6) is 0 Å². The fraction of sp³-hybridized carbons (Fsp3) is 0.952. The van der Waals surface area contributed by atoms with Crippen molar-refractivity contribution in [1.29, 1.82) is 0 Å². The Hall–Kier alpha value is -0.690.